The number of aromatic amines is 1. The van der Waals surface area contributed by atoms with Gasteiger partial charge in [-0.15, -0.1) is 0 Å². The lowest BCUT2D eigenvalue weighted by Crippen LogP contribution is -2.23. The van der Waals surface area contributed by atoms with E-state index in [0.29, 0.717) is 23.2 Å². The Morgan fingerprint density at radius 1 is 1.42 bits per heavy atom. The lowest BCUT2D eigenvalue weighted by molar-refractivity contribution is 0.415. The van der Waals surface area contributed by atoms with Crippen LogP contribution in [0.25, 0.3) is 11.0 Å². The number of aromatic nitrogens is 2. The minimum absolute atomic E-state index is 0.0336. The number of hydrogen-bond acceptors (Lipinski definition) is 4. The van der Waals surface area contributed by atoms with E-state index >= 15 is 0 Å². The van der Waals surface area contributed by atoms with Gasteiger partial charge in [-0.3, -0.25) is 4.57 Å². The van der Waals surface area contributed by atoms with Crippen LogP contribution in [0.15, 0.2) is 23.0 Å². The van der Waals surface area contributed by atoms with Crippen LogP contribution in [0.1, 0.15) is 12.5 Å². The van der Waals surface area contributed by atoms with E-state index in [4.69, 9.17) is 4.74 Å². The fourth-order valence-electron chi connectivity index (χ4n) is 2.58. The van der Waals surface area contributed by atoms with Crippen molar-refractivity contribution in [1.29, 1.82) is 0 Å². The second kappa shape index (κ2) is 4.12. The van der Waals surface area contributed by atoms with Crippen LogP contribution in [-0.2, 0) is 9.84 Å². The summed E-state index contributed by atoms with van der Waals surface area (Å²) in [6, 6.07) is 4.99. The van der Waals surface area contributed by atoms with Gasteiger partial charge in [0.1, 0.15) is 5.75 Å². The highest BCUT2D eigenvalue weighted by Crippen LogP contribution is 2.27. The van der Waals surface area contributed by atoms with E-state index < -0.39 is 9.84 Å². The first-order chi connectivity index (χ1) is 9.00. The fourth-order valence-corrected chi connectivity index (χ4v) is 4.28. The predicted octanol–water partition coefficient (Wildman–Crippen LogP) is 0.698. The van der Waals surface area contributed by atoms with Gasteiger partial charge in [0.2, 0.25) is 0 Å². The summed E-state index contributed by atoms with van der Waals surface area (Å²) in [4.78, 5) is 14.7. The number of nitrogens with one attached hydrogen (secondary N) is 1. The van der Waals surface area contributed by atoms with Crippen molar-refractivity contribution in [3.05, 3.63) is 28.7 Å². The first-order valence-corrected chi connectivity index (χ1v) is 7.81. The second-order valence-electron chi connectivity index (χ2n) is 4.74. The fraction of sp³-hybridized carbons (Fsp3) is 0.417. The van der Waals surface area contributed by atoms with Gasteiger partial charge in [0, 0.05) is 6.07 Å². The average molecular weight is 282 g/mol. The summed E-state index contributed by atoms with van der Waals surface area (Å²) in [6.45, 7) is 0. The topological polar surface area (TPSA) is 81.2 Å². The van der Waals surface area contributed by atoms with Crippen molar-refractivity contribution in [3.63, 3.8) is 0 Å². The van der Waals surface area contributed by atoms with Crippen LogP contribution in [0.3, 0.4) is 0 Å². The summed E-state index contributed by atoms with van der Waals surface area (Å²) in [5.41, 5.74) is 1.10. The average Bonchev–Trinajstić information content (AvgIpc) is 2.86. The molecule has 1 fully saturated rings. The van der Waals surface area contributed by atoms with Crippen LogP contribution in [0, 0.1) is 0 Å². The lowest BCUT2D eigenvalue weighted by Gasteiger charge is -2.10. The van der Waals surface area contributed by atoms with Crippen LogP contribution < -0.4 is 10.4 Å². The van der Waals surface area contributed by atoms with E-state index in [9.17, 15) is 13.2 Å². The zero-order chi connectivity index (χ0) is 13.6. The second-order valence-corrected chi connectivity index (χ2v) is 6.97. The monoisotopic (exact) mass is 282 g/mol. The Hall–Kier alpha value is -1.76. The van der Waals surface area contributed by atoms with Gasteiger partial charge in [-0.1, -0.05) is 0 Å². The highest BCUT2D eigenvalue weighted by molar-refractivity contribution is 7.91. The molecule has 0 saturated carbocycles. The lowest BCUT2D eigenvalue weighted by atomic mass is 10.2. The van der Waals surface area contributed by atoms with Crippen molar-refractivity contribution < 1.29 is 13.2 Å². The minimum atomic E-state index is -3.02. The molecular formula is C12H14N2O4S. The van der Waals surface area contributed by atoms with Crippen LogP contribution in [0.4, 0.5) is 0 Å². The molecule has 2 aromatic rings. The Morgan fingerprint density at radius 3 is 2.84 bits per heavy atom. The number of benzene rings is 1. The number of methoxy groups -OCH3 is 1. The maximum Gasteiger partial charge on any atom is 0.326 e. The minimum Gasteiger partial charge on any atom is -0.497 e. The van der Waals surface area contributed by atoms with Crippen LogP contribution in [0.5, 0.6) is 5.75 Å². The number of ether oxygens (including phenoxy) is 1. The number of hydrogen-bond donors (Lipinski definition) is 1. The molecule has 0 amide bonds. The normalized spacial score (nSPS) is 21.8. The first-order valence-electron chi connectivity index (χ1n) is 5.99. The molecule has 0 radical (unpaired) electrons. The summed E-state index contributed by atoms with van der Waals surface area (Å²) in [5, 5.41) is 0. The van der Waals surface area contributed by atoms with Crippen LogP contribution in [-0.4, -0.2) is 36.6 Å². The van der Waals surface area contributed by atoms with E-state index in [1.807, 2.05) is 0 Å². The van der Waals surface area contributed by atoms with E-state index in [2.05, 4.69) is 4.98 Å². The summed E-state index contributed by atoms with van der Waals surface area (Å²) in [6.07, 6.45) is 0.487. The molecular weight excluding hydrogens is 268 g/mol. The summed E-state index contributed by atoms with van der Waals surface area (Å²) < 4.78 is 29.7. The molecule has 1 N–H and O–H groups in total. The van der Waals surface area contributed by atoms with Crippen LogP contribution >= 0.6 is 0 Å². The molecule has 7 heteroatoms. The van der Waals surface area contributed by atoms with E-state index in [0.717, 1.165) is 0 Å². The molecule has 102 valence electrons. The first kappa shape index (κ1) is 12.3. The van der Waals surface area contributed by atoms with Gasteiger partial charge in [0.15, 0.2) is 9.84 Å². The molecule has 0 spiro atoms. The van der Waals surface area contributed by atoms with Crippen molar-refractivity contribution in [2.24, 2.45) is 0 Å². The van der Waals surface area contributed by atoms with Crippen molar-refractivity contribution >= 4 is 20.9 Å². The zero-order valence-corrected chi connectivity index (χ0v) is 11.2. The largest absolute Gasteiger partial charge is 0.497 e. The molecule has 1 unspecified atom stereocenters. The van der Waals surface area contributed by atoms with Crippen molar-refractivity contribution in [1.82, 2.24) is 9.55 Å². The van der Waals surface area contributed by atoms with E-state index in [-0.39, 0.29) is 23.2 Å². The maximum atomic E-state index is 12.0. The smallest absolute Gasteiger partial charge is 0.326 e. The Labute approximate surface area is 109 Å². The molecule has 0 bridgehead atoms. The standard InChI is InChI=1S/C12H14N2O4S/c1-18-9-2-3-11-10(6-9)13-12(15)14(11)8-4-5-19(16,17)7-8/h2-3,6,8H,4-5,7H2,1H3,(H,13,15). The van der Waals surface area contributed by atoms with Gasteiger partial charge in [0.25, 0.3) is 0 Å². The number of imidazole rings is 1. The molecule has 0 aliphatic carbocycles. The molecule has 1 aliphatic rings. The number of fused-ring (bicyclic) bond motifs is 1. The Bertz CT molecular complexity index is 788. The molecule has 1 saturated heterocycles. The third kappa shape index (κ3) is 2.03. The third-order valence-corrected chi connectivity index (χ3v) is 5.25. The summed E-state index contributed by atoms with van der Waals surface area (Å²) in [7, 11) is -1.46. The van der Waals surface area contributed by atoms with E-state index in [1.54, 1.807) is 29.9 Å². The van der Waals surface area contributed by atoms with Gasteiger partial charge in [0.05, 0.1) is 35.7 Å². The quantitative estimate of drug-likeness (QED) is 0.879. The van der Waals surface area contributed by atoms with Crippen molar-refractivity contribution in [3.8, 4) is 5.75 Å². The van der Waals surface area contributed by atoms with Crippen molar-refractivity contribution in [2.45, 2.75) is 12.5 Å². The number of sulfone groups is 1. The molecule has 2 heterocycles. The molecule has 19 heavy (non-hydrogen) atoms. The number of rotatable bonds is 2. The van der Waals surface area contributed by atoms with E-state index in [1.165, 1.54) is 0 Å². The Balaban J connectivity index is 2.14. The number of H-pyrrole nitrogens is 1. The van der Waals surface area contributed by atoms with Crippen molar-refractivity contribution in [2.75, 3.05) is 18.6 Å². The Morgan fingerprint density at radius 2 is 2.21 bits per heavy atom. The van der Waals surface area contributed by atoms with Gasteiger partial charge in [-0.05, 0) is 18.6 Å². The van der Waals surface area contributed by atoms with Gasteiger partial charge in [-0.2, -0.15) is 0 Å². The highest BCUT2D eigenvalue weighted by Gasteiger charge is 2.31. The maximum absolute atomic E-state index is 12.0. The predicted molar refractivity (Wildman–Crippen MR) is 71.4 cm³/mol. The third-order valence-electron chi connectivity index (χ3n) is 3.50. The molecule has 3 rings (SSSR count). The highest BCUT2D eigenvalue weighted by atomic mass is 32.2. The zero-order valence-electron chi connectivity index (χ0n) is 10.4. The summed E-state index contributed by atoms with van der Waals surface area (Å²) in [5.74, 6) is 0.832. The molecule has 1 aliphatic heterocycles. The molecule has 1 atom stereocenters. The molecule has 6 nitrogen and oxygen atoms in total. The number of nitrogens with zero attached hydrogens (tertiary/aromatic N) is 1. The summed E-state index contributed by atoms with van der Waals surface area (Å²) >= 11 is 0. The SMILES string of the molecule is COc1ccc2c(c1)[nH]c(=O)n2C1CCS(=O)(=O)C1. The van der Waals surface area contributed by atoms with Crippen LogP contribution in [0.2, 0.25) is 0 Å². The Kier molecular flexibility index (Phi) is 2.67. The molecule has 1 aromatic heterocycles. The van der Waals surface area contributed by atoms with Gasteiger partial charge < -0.3 is 9.72 Å². The molecule has 1 aromatic carbocycles. The van der Waals surface area contributed by atoms with Gasteiger partial charge >= 0.3 is 5.69 Å². The van der Waals surface area contributed by atoms with Gasteiger partial charge in [-0.25, -0.2) is 13.2 Å².